The van der Waals surface area contributed by atoms with Gasteiger partial charge in [-0.25, -0.2) is 14.8 Å². The van der Waals surface area contributed by atoms with Crippen molar-refractivity contribution >= 4 is 23.4 Å². The standard InChI is InChI=1S/C15H13N3O3/c19-13-6-2-5-12-11(13)8-16-15(18-12)17-10-4-1-3-9(7-10)14(20)21/h1,3-4,7-8H,2,5-6H2,(H,20,21)(H,16,17,18). The highest BCUT2D eigenvalue weighted by atomic mass is 16.4. The average molecular weight is 283 g/mol. The minimum absolute atomic E-state index is 0.0793. The molecule has 0 fully saturated rings. The first-order valence-corrected chi connectivity index (χ1v) is 6.63. The Morgan fingerprint density at radius 2 is 2.14 bits per heavy atom. The molecule has 2 aromatic rings. The lowest BCUT2D eigenvalue weighted by molar-refractivity contribution is 0.0696. The molecule has 0 bridgehead atoms. The third kappa shape index (κ3) is 2.74. The summed E-state index contributed by atoms with van der Waals surface area (Å²) in [5.74, 6) is -0.544. The zero-order valence-corrected chi connectivity index (χ0v) is 11.2. The first-order chi connectivity index (χ1) is 10.1. The molecule has 0 saturated heterocycles. The molecular formula is C15H13N3O3. The number of carbonyl (C=O) groups excluding carboxylic acids is 1. The van der Waals surface area contributed by atoms with Crippen molar-refractivity contribution in [2.24, 2.45) is 0 Å². The summed E-state index contributed by atoms with van der Waals surface area (Å²) < 4.78 is 0. The van der Waals surface area contributed by atoms with E-state index in [0.29, 0.717) is 23.6 Å². The highest BCUT2D eigenvalue weighted by Gasteiger charge is 2.19. The van der Waals surface area contributed by atoms with Gasteiger partial charge in [0.2, 0.25) is 5.95 Å². The lowest BCUT2D eigenvalue weighted by Gasteiger charge is -2.14. The number of aromatic carboxylic acids is 1. The summed E-state index contributed by atoms with van der Waals surface area (Å²) >= 11 is 0. The molecule has 0 unspecified atom stereocenters. The van der Waals surface area contributed by atoms with Crippen molar-refractivity contribution in [2.45, 2.75) is 19.3 Å². The SMILES string of the molecule is O=C(O)c1cccc(Nc2ncc3c(n2)CCCC3=O)c1. The number of Topliss-reactive ketones (excluding diaryl/α,β-unsaturated/α-hetero) is 1. The van der Waals surface area contributed by atoms with Crippen molar-refractivity contribution in [3.8, 4) is 0 Å². The normalized spacial score (nSPS) is 13.6. The van der Waals surface area contributed by atoms with E-state index in [2.05, 4.69) is 15.3 Å². The Bertz CT molecular complexity index is 728. The molecular weight excluding hydrogens is 270 g/mol. The maximum atomic E-state index is 11.7. The number of nitrogens with one attached hydrogen (secondary N) is 1. The smallest absolute Gasteiger partial charge is 0.335 e. The topological polar surface area (TPSA) is 92.2 Å². The van der Waals surface area contributed by atoms with Gasteiger partial charge in [0.1, 0.15) is 0 Å². The molecule has 6 nitrogen and oxygen atoms in total. The molecule has 1 aromatic heterocycles. The fraction of sp³-hybridized carbons (Fsp3) is 0.200. The minimum atomic E-state index is -0.990. The number of benzene rings is 1. The van der Waals surface area contributed by atoms with Crippen molar-refractivity contribution in [3.05, 3.63) is 47.3 Å². The van der Waals surface area contributed by atoms with Crippen molar-refractivity contribution in [2.75, 3.05) is 5.32 Å². The number of nitrogens with zero attached hydrogens (tertiary/aromatic N) is 2. The Morgan fingerprint density at radius 1 is 1.29 bits per heavy atom. The molecule has 1 aromatic carbocycles. The summed E-state index contributed by atoms with van der Waals surface area (Å²) in [7, 11) is 0. The van der Waals surface area contributed by atoms with Crippen molar-refractivity contribution < 1.29 is 14.7 Å². The van der Waals surface area contributed by atoms with Gasteiger partial charge < -0.3 is 10.4 Å². The lowest BCUT2D eigenvalue weighted by atomic mass is 9.96. The summed E-state index contributed by atoms with van der Waals surface area (Å²) in [6, 6.07) is 6.41. The minimum Gasteiger partial charge on any atom is -0.478 e. The zero-order valence-electron chi connectivity index (χ0n) is 11.2. The predicted molar refractivity (Wildman–Crippen MR) is 76.0 cm³/mol. The number of fused-ring (bicyclic) bond motifs is 1. The largest absolute Gasteiger partial charge is 0.478 e. The Kier molecular flexibility index (Phi) is 3.35. The molecule has 0 amide bonds. The van der Waals surface area contributed by atoms with E-state index in [1.54, 1.807) is 12.1 Å². The van der Waals surface area contributed by atoms with Crippen molar-refractivity contribution in [1.82, 2.24) is 9.97 Å². The fourth-order valence-electron chi connectivity index (χ4n) is 2.31. The van der Waals surface area contributed by atoms with Crippen LogP contribution < -0.4 is 5.32 Å². The second kappa shape index (κ2) is 5.32. The number of aromatic nitrogens is 2. The molecule has 3 rings (SSSR count). The number of carboxylic acids is 1. The summed E-state index contributed by atoms with van der Waals surface area (Å²) in [5.41, 5.74) is 2.12. The summed E-state index contributed by atoms with van der Waals surface area (Å²) in [6.45, 7) is 0. The molecule has 0 radical (unpaired) electrons. The molecule has 21 heavy (non-hydrogen) atoms. The van der Waals surface area contributed by atoms with Crippen LogP contribution in [0.5, 0.6) is 0 Å². The molecule has 0 spiro atoms. The van der Waals surface area contributed by atoms with E-state index in [0.717, 1.165) is 18.5 Å². The molecule has 1 heterocycles. The van der Waals surface area contributed by atoms with Gasteiger partial charge in [-0.05, 0) is 31.0 Å². The van der Waals surface area contributed by atoms with E-state index in [4.69, 9.17) is 5.11 Å². The predicted octanol–water partition coefficient (Wildman–Crippen LogP) is 2.44. The average Bonchev–Trinajstić information content (AvgIpc) is 2.47. The highest BCUT2D eigenvalue weighted by molar-refractivity contribution is 5.97. The van der Waals surface area contributed by atoms with Crippen LogP contribution in [0.3, 0.4) is 0 Å². The summed E-state index contributed by atoms with van der Waals surface area (Å²) in [4.78, 5) is 31.1. The van der Waals surface area contributed by atoms with Crippen LogP contribution in [0.4, 0.5) is 11.6 Å². The van der Waals surface area contributed by atoms with Gasteiger partial charge in [-0.2, -0.15) is 0 Å². The zero-order chi connectivity index (χ0) is 14.8. The molecule has 6 heteroatoms. The van der Waals surface area contributed by atoms with E-state index in [9.17, 15) is 9.59 Å². The maximum absolute atomic E-state index is 11.7. The van der Waals surface area contributed by atoms with Crippen LogP contribution >= 0.6 is 0 Å². The van der Waals surface area contributed by atoms with Gasteiger partial charge in [0.25, 0.3) is 0 Å². The van der Waals surface area contributed by atoms with Gasteiger partial charge in [0, 0.05) is 18.3 Å². The first kappa shape index (κ1) is 13.2. The number of aryl methyl sites for hydroxylation is 1. The van der Waals surface area contributed by atoms with E-state index in [-0.39, 0.29) is 11.3 Å². The Balaban J connectivity index is 1.87. The number of anilines is 2. The van der Waals surface area contributed by atoms with Gasteiger partial charge in [-0.1, -0.05) is 6.07 Å². The van der Waals surface area contributed by atoms with E-state index < -0.39 is 5.97 Å². The first-order valence-electron chi connectivity index (χ1n) is 6.63. The molecule has 0 saturated carbocycles. The third-order valence-electron chi connectivity index (χ3n) is 3.35. The highest BCUT2D eigenvalue weighted by Crippen LogP contribution is 2.21. The number of rotatable bonds is 3. The van der Waals surface area contributed by atoms with Crippen LogP contribution in [0.2, 0.25) is 0 Å². The number of carbonyl (C=O) groups is 2. The van der Waals surface area contributed by atoms with Gasteiger partial charge in [-0.3, -0.25) is 4.79 Å². The van der Waals surface area contributed by atoms with E-state index in [1.165, 1.54) is 18.3 Å². The van der Waals surface area contributed by atoms with Gasteiger partial charge >= 0.3 is 5.97 Å². The molecule has 2 N–H and O–H groups in total. The number of carboxylic acid groups (broad SMARTS) is 1. The monoisotopic (exact) mass is 283 g/mol. The molecule has 106 valence electrons. The molecule has 0 aliphatic heterocycles. The van der Waals surface area contributed by atoms with Crippen molar-refractivity contribution in [3.63, 3.8) is 0 Å². The Hall–Kier alpha value is -2.76. The Morgan fingerprint density at radius 3 is 2.95 bits per heavy atom. The van der Waals surface area contributed by atoms with Crippen LogP contribution in [0.15, 0.2) is 30.5 Å². The number of ketones is 1. The second-order valence-electron chi connectivity index (χ2n) is 4.84. The quantitative estimate of drug-likeness (QED) is 0.898. The lowest BCUT2D eigenvalue weighted by Crippen LogP contribution is -2.14. The van der Waals surface area contributed by atoms with Gasteiger partial charge in [0.05, 0.1) is 16.8 Å². The molecule has 0 atom stereocenters. The van der Waals surface area contributed by atoms with Crippen LogP contribution in [-0.4, -0.2) is 26.8 Å². The molecule has 1 aliphatic rings. The third-order valence-corrected chi connectivity index (χ3v) is 3.35. The van der Waals surface area contributed by atoms with Gasteiger partial charge in [0.15, 0.2) is 5.78 Å². The fourth-order valence-corrected chi connectivity index (χ4v) is 2.31. The van der Waals surface area contributed by atoms with Crippen LogP contribution in [0.25, 0.3) is 0 Å². The van der Waals surface area contributed by atoms with Crippen LogP contribution in [0.1, 0.15) is 39.3 Å². The van der Waals surface area contributed by atoms with E-state index >= 15 is 0 Å². The molecule has 1 aliphatic carbocycles. The number of hydrogen-bond donors (Lipinski definition) is 2. The van der Waals surface area contributed by atoms with Crippen LogP contribution in [-0.2, 0) is 6.42 Å². The summed E-state index contributed by atoms with van der Waals surface area (Å²) in [5, 5.41) is 11.9. The maximum Gasteiger partial charge on any atom is 0.335 e. The Labute approximate surface area is 120 Å². The summed E-state index contributed by atoms with van der Waals surface area (Å²) in [6.07, 6.45) is 3.64. The second-order valence-corrected chi connectivity index (χ2v) is 4.84. The van der Waals surface area contributed by atoms with Crippen molar-refractivity contribution in [1.29, 1.82) is 0 Å². The van der Waals surface area contributed by atoms with Gasteiger partial charge in [-0.15, -0.1) is 0 Å². The van der Waals surface area contributed by atoms with Crippen LogP contribution in [0, 0.1) is 0 Å². The number of hydrogen-bond acceptors (Lipinski definition) is 5. The van der Waals surface area contributed by atoms with E-state index in [1.807, 2.05) is 0 Å².